The van der Waals surface area contributed by atoms with Crippen LogP contribution in [0.1, 0.15) is 39.5 Å². The fourth-order valence-corrected chi connectivity index (χ4v) is 1.96. The highest BCUT2D eigenvalue weighted by Crippen LogP contribution is 2.30. The Hall–Kier alpha value is -1.14. The lowest BCUT2D eigenvalue weighted by molar-refractivity contribution is -0.178. The quantitative estimate of drug-likeness (QED) is 0.623. The van der Waals surface area contributed by atoms with Gasteiger partial charge in [-0.3, -0.25) is 9.59 Å². The monoisotopic (exact) mass is 274 g/mol. The molecule has 0 aliphatic carbocycles. The van der Waals surface area contributed by atoms with E-state index < -0.39 is 5.79 Å². The van der Waals surface area contributed by atoms with Crippen molar-refractivity contribution in [2.45, 2.75) is 45.3 Å². The molecule has 0 unspecified atom stereocenters. The molecule has 0 atom stereocenters. The fraction of sp³-hybridized carbons (Fsp3) is 0.846. The molecule has 1 aliphatic rings. The van der Waals surface area contributed by atoms with Crippen LogP contribution < -0.4 is 0 Å². The Morgan fingerprint density at radius 2 is 1.37 bits per heavy atom. The van der Waals surface area contributed by atoms with Gasteiger partial charge in [-0.15, -0.1) is 0 Å². The number of carbonyl (C=O) groups excluding carboxylic acids is 2. The second-order valence-electron chi connectivity index (χ2n) is 4.22. The average molecular weight is 274 g/mol. The molecular formula is C13H22O6. The lowest BCUT2D eigenvalue weighted by atomic mass is 10.0. The van der Waals surface area contributed by atoms with Gasteiger partial charge in [0.2, 0.25) is 0 Å². The molecule has 1 rings (SSSR count). The van der Waals surface area contributed by atoms with Crippen molar-refractivity contribution < 1.29 is 28.5 Å². The van der Waals surface area contributed by atoms with Gasteiger partial charge in [0.25, 0.3) is 0 Å². The fourth-order valence-electron chi connectivity index (χ4n) is 1.96. The van der Waals surface area contributed by atoms with Crippen LogP contribution in [0.3, 0.4) is 0 Å². The Morgan fingerprint density at radius 3 is 1.74 bits per heavy atom. The minimum Gasteiger partial charge on any atom is -0.466 e. The van der Waals surface area contributed by atoms with Crippen LogP contribution in [0.4, 0.5) is 0 Å². The molecule has 110 valence electrons. The minimum absolute atomic E-state index is 0.219. The van der Waals surface area contributed by atoms with Gasteiger partial charge >= 0.3 is 11.9 Å². The van der Waals surface area contributed by atoms with Crippen molar-refractivity contribution in [2.75, 3.05) is 26.4 Å². The van der Waals surface area contributed by atoms with E-state index in [0.29, 0.717) is 39.3 Å². The topological polar surface area (TPSA) is 71.1 Å². The molecule has 6 heteroatoms. The van der Waals surface area contributed by atoms with E-state index in [9.17, 15) is 9.59 Å². The molecule has 0 bridgehead atoms. The van der Waals surface area contributed by atoms with Gasteiger partial charge in [0, 0.05) is 12.8 Å². The number of carbonyl (C=O) groups is 2. The largest absolute Gasteiger partial charge is 0.466 e. The Labute approximate surface area is 113 Å². The zero-order valence-electron chi connectivity index (χ0n) is 11.6. The Bertz CT molecular complexity index is 272. The van der Waals surface area contributed by atoms with Crippen molar-refractivity contribution in [3.05, 3.63) is 0 Å². The molecule has 1 heterocycles. The molecule has 0 N–H and O–H groups in total. The van der Waals surface area contributed by atoms with Gasteiger partial charge in [0.1, 0.15) is 0 Å². The normalized spacial score (nSPS) is 17.2. The molecular weight excluding hydrogens is 252 g/mol. The standard InChI is InChI=1S/C13H22O6/c1-3-16-11(14)5-7-13(18-9-10-19-13)8-6-12(15)17-4-2/h3-10H2,1-2H3. The smallest absolute Gasteiger partial charge is 0.305 e. The maximum absolute atomic E-state index is 11.4. The van der Waals surface area contributed by atoms with Gasteiger partial charge in [0.15, 0.2) is 5.79 Å². The summed E-state index contributed by atoms with van der Waals surface area (Å²) in [7, 11) is 0. The van der Waals surface area contributed by atoms with E-state index in [2.05, 4.69) is 0 Å². The Balaban J connectivity index is 2.41. The Kier molecular flexibility index (Phi) is 6.80. The Morgan fingerprint density at radius 1 is 0.947 bits per heavy atom. The molecule has 6 nitrogen and oxygen atoms in total. The molecule has 0 amide bonds. The third-order valence-corrected chi connectivity index (χ3v) is 2.84. The average Bonchev–Trinajstić information content (AvgIpc) is 2.84. The molecule has 1 fully saturated rings. The summed E-state index contributed by atoms with van der Waals surface area (Å²) < 4.78 is 20.9. The van der Waals surface area contributed by atoms with Gasteiger partial charge in [-0.05, 0) is 13.8 Å². The van der Waals surface area contributed by atoms with Crippen molar-refractivity contribution in [1.29, 1.82) is 0 Å². The second-order valence-corrected chi connectivity index (χ2v) is 4.22. The van der Waals surface area contributed by atoms with Gasteiger partial charge < -0.3 is 18.9 Å². The molecule has 0 spiro atoms. The molecule has 1 saturated heterocycles. The number of esters is 2. The van der Waals surface area contributed by atoms with E-state index in [1.54, 1.807) is 13.8 Å². The number of rotatable bonds is 8. The molecule has 19 heavy (non-hydrogen) atoms. The lowest BCUT2D eigenvalue weighted by Crippen LogP contribution is -2.32. The number of ether oxygens (including phenoxy) is 4. The summed E-state index contributed by atoms with van der Waals surface area (Å²) in [5.74, 6) is -1.41. The highest BCUT2D eigenvalue weighted by atomic mass is 16.7. The van der Waals surface area contributed by atoms with Crippen LogP contribution in [0.5, 0.6) is 0 Å². The molecule has 0 saturated carbocycles. The third kappa shape index (κ3) is 5.57. The van der Waals surface area contributed by atoms with Crippen LogP contribution in [0.25, 0.3) is 0 Å². The first-order chi connectivity index (χ1) is 9.12. The van der Waals surface area contributed by atoms with Crippen LogP contribution in [0, 0.1) is 0 Å². The molecule has 0 aromatic rings. The van der Waals surface area contributed by atoms with E-state index in [1.165, 1.54) is 0 Å². The summed E-state index contributed by atoms with van der Waals surface area (Å²) in [6, 6.07) is 0. The summed E-state index contributed by atoms with van der Waals surface area (Å²) in [6.45, 7) is 5.19. The van der Waals surface area contributed by atoms with E-state index in [-0.39, 0.29) is 24.8 Å². The lowest BCUT2D eigenvalue weighted by Gasteiger charge is -2.26. The summed E-state index contributed by atoms with van der Waals surface area (Å²) in [6.07, 6.45) is 1.23. The predicted molar refractivity (Wildman–Crippen MR) is 66.4 cm³/mol. The van der Waals surface area contributed by atoms with Crippen molar-refractivity contribution in [2.24, 2.45) is 0 Å². The van der Waals surface area contributed by atoms with E-state index in [4.69, 9.17) is 18.9 Å². The van der Waals surface area contributed by atoms with Gasteiger partial charge in [-0.1, -0.05) is 0 Å². The summed E-state index contributed by atoms with van der Waals surface area (Å²) in [4.78, 5) is 22.7. The highest BCUT2D eigenvalue weighted by molar-refractivity contribution is 5.70. The third-order valence-electron chi connectivity index (χ3n) is 2.84. The zero-order valence-corrected chi connectivity index (χ0v) is 11.6. The van der Waals surface area contributed by atoms with Crippen LogP contribution in [-0.4, -0.2) is 44.2 Å². The van der Waals surface area contributed by atoms with Crippen molar-refractivity contribution in [3.8, 4) is 0 Å². The second kappa shape index (κ2) is 8.12. The molecule has 0 radical (unpaired) electrons. The van der Waals surface area contributed by atoms with Crippen LogP contribution >= 0.6 is 0 Å². The maximum Gasteiger partial charge on any atom is 0.305 e. The molecule has 0 aromatic carbocycles. The SMILES string of the molecule is CCOC(=O)CCC1(CCC(=O)OCC)OCCO1. The minimum atomic E-state index is -0.848. The highest BCUT2D eigenvalue weighted by Gasteiger charge is 2.37. The summed E-state index contributed by atoms with van der Waals surface area (Å²) in [5.41, 5.74) is 0. The first-order valence-corrected chi connectivity index (χ1v) is 6.71. The van der Waals surface area contributed by atoms with Gasteiger partial charge in [0.05, 0.1) is 39.3 Å². The predicted octanol–water partition coefficient (Wildman–Crippen LogP) is 1.42. The van der Waals surface area contributed by atoms with Crippen molar-refractivity contribution in [3.63, 3.8) is 0 Å². The molecule has 1 aliphatic heterocycles. The van der Waals surface area contributed by atoms with Crippen LogP contribution in [0.2, 0.25) is 0 Å². The zero-order chi connectivity index (χ0) is 14.1. The molecule has 0 aromatic heterocycles. The van der Waals surface area contributed by atoms with Gasteiger partial charge in [-0.25, -0.2) is 0 Å². The first-order valence-electron chi connectivity index (χ1n) is 6.71. The number of hydrogen-bond acceptors (Lipinski definition) is 6. The summed E-state index contributed by atoms with van der Waals surface area (Å²) in [5, 5.41) is 0. The first kappa shape index (κ1) is 15.9. The van der Waals surface area contributed by atoms with E-state index in [0.717, 1.165) is 0 Å². The van der Waals surface area contributed by atoms with E-state index in [1.807, 2.05) is 0 Å². The van der Waals surface area contributed by atoms with E-state index >= 15 is 0 Å². The van der Waals surface area contributed by atoms with Crippen LogP contribution in [-0.2, 0) is 28.5 Å². The number of hydrogen-bond donors (Lipinski definition) is 0. The summed E-state index contributed by atoms with van der Waals surface area (Å²) >= 11 is 0. The van der Waals surface area contributed by atoms with Crippen LogP contribution in [0.15, 0.2) is 0 Å². The van der Waals surface area contributed by atoms with Crippen molar-refractivity contribution >= 4 is 11.9 Å². The van der Waals surface area contributed by atoms with Crippen molar-refractivity contribution in [1.82, 2.24) is 0 Å². The maximum atomic E-state index is 11.4. The van der Waals surface area contributed by atoms with Gasteiger partial charge in [-0.2, -0.15) is 0 Å².